The van der Waals surface area contributed by atoms with Gasteiger partial charge in [-0.15, -0.1) is 0 Å². The van der Waals surface area contributed by atoms with Gasteiger partial charge in [0.2, 0.25) is 0 Å². The largest absolute Gasteiger partial charge is 0.497 e. The maximum atomic E-state index is 13.7. The Bertz CT molecular complexity index is 1390. The van der Waals surface area contributed by atoms with E-state index in [-0.39, 0.29) is 11.3 Å². The molecule has 36 heavy (non-hydrogen) atoms. The molecule has 8 heteroatoms. The highest BCUT2D eigenvalue weighted by molar-refractivity contribution is 6.07. The lowest BCUT2D eigenvalue weighted by Crippen LogP contribution is -2.39. The molecule has 2 aliphatic heterocycles. The van der Waals surface area contributed by atoms with Crippen LogP contribution >= 0.6 is 0 Å². The number of benzene rings is 2. The first-order valence-electron chi connectivity index (χ1n) is 12.4. The quantitative estimate of drug-likeness (QED) is 0.537. The third-order valence-electron chi connectivity index (χ3n) is 7.75. The van der Waals surface area contributed by atoms with Gasteiger partial charge in [0.25, 0.3) is 5.91 Å². The predicted octanol–water partition coefficient (Wildman–Crippen LogP) is 3.72. The number of hydrogen-bond donors (Lipinski definition) is 0. The molecule has 1 fully saturated rings. The summed E-state index contributed by atoms with van der Waals surface area (Å²) >= 11 is 0. The fourth-order valence-electron chi connectivity index (χ4n) is 5.44. The standard InChI is InChI=1S/C28H28N6O2/c1-19-30-14-16-32(19)18-28(12-13-28)20-3-5-21(6-4-20)33-15-11-24-25(17-29)31-34(26(24)27(33)35)22-7-9-23(36-2)10-8-22/h3-10H,11-16,18H2,1-2H3. The number of aliphatic imine (C=N–C) groups is 1. The van der Waals surface area contributed by atoms with Crippen molar-refractivity contribution in [1.82, 2.24) is 14.7 Å². The Morgan fingerprint density at radius 1 is 1.06 bits per heavy atom. The smallest absolute Gasteiger partial charge is 0.277 e. The SMILES string of the molecule is COc1ccc(-n2nc(C#N)c3c2C(=O)N(c2ccc(C4(CN5CCN=C5C)CC4)cc2)CC3)cc1. The van der Waals surface area contributed by atoms with Gasteiger partial charge in [0, 0.05) is 36.3 Å². The molecule has 3 heterocycles. The summed E-state index contributed by atoms with van der Waals surface area (Å²) < 4.78 is 6.85. The minimum atomic E-state index is -0.140. The normalized spacial score (nSPS) is 18.0. The van der Waals surface area contributed by atoms with Crippen LogP contribution < -0.4 is 9.64 Å². The maximum Gasteiger partial charge on any atom is 0.277 e. The number of carbonyl (C=O) groups excluding carboxylic acids is 1. The van der Waals surface area contributed by atoms with E-state index < -0.39 is 0 Å². The van der Waals surface area contributed by atoms with Gasteiger partial charge in [-0.05, 0) is 68.1 Å². The van der Waals surface area contributed by atoms with E-state index in [9.17, 15) is 10.1 Å². The second kappa shape index (κ2) is 8.52. The van der Waals surface area contributed by atoms with Crippen LogP contribution in [0.25, 0.3) is 5.69 Å². The van der Waals surface area contributed by atoms with Crippen molar-refractivity contribution in [2.75, 3.05) is 38.2 Å². The van der Waals surface area contributed by atoms with E-state index in [0.717, 1.165) is 36.8 Å². The summed E-state index contributed by atoms with van der Waals surface area (Å²) in [5.41, 5.74) is 4.57. The first kappa shape index (κ1) is 22.4. The van der Waals surface area contributed by atoms with Gasteiger partial charge in [-0.25, -0.2) is 4.68 Å². The Morgan fingerprint density at radius 3 is 2.39 bits per heavy atom. The molecule has 0 unspecified atom stereocenters. The number of carbonyl (C=O) groups is 1. The van der Waals surface area contributed by atoms with E-state index >= 15 is 0 Å². The number of amides is 1. The number of nitrogens with zero attached hydrogens (tertiary/aromatic N) is 6. The first-order chi connectivity index (χ1) is 17.5. The topological polar surface area (TPSA) is 86.7 Å². The van der Waals surface area contributed by atoms with Gasteiger partial charge in [0.15, 0.2) is 5.69 Å². The van der Waals surface area contributed by atoms with Crippen LogP contribution in [-0.4, -0.2) is 59.7 Å². The number of amidine groups is 1. The van der Waals surface area contributed by atoms with E-state index in [1.807, 2.05) is 24.3 Å². The van der Waals surface area contributed by atoms with Crippen LogP contribution in [0.2, 0.25) is 0 Å². The second-order valence-electron chi connectivity index (χ2n) is 9.78. The van der Waals surface area contributed by atoms with E-state index in [2.05, 4.69) is 52.2 Å². The van der Waals surface area contributed by atoms with Gasteiger partial charge in [0.1, 0.15) is 17.5 Å². The van der Waals surface area contributed by atoms with Crippen LogP contribution in [0, 0.1) is 11.3 Å². The second-order valence-corrected chi connectivity index (χ2v) is 9.78. The van der Waals surface area contributed by atoms with Gasteiger partial charge in [-0.1, -0.05) is 12.1 Å². The molecule has 182 valence electrons. The highest BCUT2D eigenvalue weighted by Crippen LogP contribution is 2.49. The molecule has 0 atom stereocenters. The highest BCUT2D eigenvalue weighted by atomic mass is 16.5. The van der Waals surface area contributed by atoms with Crippen molar-refractivity contribution in [1.29, 1.82) is 5.26 Å². The number of fused-ring (bicyclic) bond motifs is 1. The Balaban J connectivity index is 1.28. The average Bonchev–Trinajstić information content (AvgIpc) is 3.43. The molecule has 0 bridgehead atoms. The molecule has 3 aliphatic rings. The predicted molar refractivity (Wildman–Crippen MR) is 137 cm³/mol. The number of rotatable bonds is 6. The molecule has 6 rings (SSSR count). The summed E-state index contributed by atoms with van der Waals surface area (Å²) in [6, 6.07) is 18.0. The van der Waals surface area contributed by atoms with Crippen LogP contribution in [0.3, 0.4) is 0 Å². The molecule has 2 aromatic carbocycles. The molecule has 1 amide bonds. The Labute approximate surface area is 210 Å². The number of anilines is 1. The first-order valence-corrected chi connectivity index (χ1v) is 12.4. The van der Waals surface area contributed by atoms with Crippen molar-refractivity contribution in [3.8, 4) is 17.5 Å². The molecule has 0 spiro atoms. The summed E-state index contributed by atoms with van der Waals surface area (Å²) in [6.45, 7) is 5.51. The zero-order chi connectivity index (χ0) is 24.9. The Kier molecular flexibility index (Phi) is 5.29. The molecule has 0 saturated heterocycles. The summed E-state index contributed by atoms with van der Waals surface area (Å²) in [5.74, 6) is 1.71. The minimum Gasteiger partial charge on any atom is -0.497 e. The van der Waals surface area contributed by atoms with Crippen molar-refractivity contribution in [3.63, 3.8) is 0 Å². The molecule has 0 radical (unpaired) electrons. The van der Waals surface area contributed by atoms with Gasteiger partial charge >= 0.3 is 0 Å². The number of ether oxygens (including phenoxy) is 1. The van der Waals surface area contributed by atoms with Crippen LogP contribution in [0.4, 0.5) is 5.69 Å². The van der Waals surface area contributed by atoms with E-state index in [4.69, 9.17) is 4.74 Å². The number of methoxy groups -OCH3 is 1. The molecule has 1 aromatic heterocycles. The third-order valence-corrected chi connectivity index (χ3v) is 7.75. The number of hydrogen-bond acceptors (Lipinski definition) is 6. The lowest BCUT2D eigenvalue weighted by Gasteiger charge is -2.29. The lowest BCUT2D eigenvalue weighted by atomic mass is 9.94. The number of aromatic nitrogens is 2. The zero-order valence-electron chi connectivity index (χ0n) is 20.6. The zero-order valence-corrected chi connectivity index (χ0v) is 20.6. The molecular formula is C28H28N6O2. The van der Waals surface area contributed by atoms with Crippen LogP contribution in [-0.2, 0) is 11.8 Å². The van der Waals surface area contributed by atoms with Gasteiger partial charge in [0.05, 0.1) is 25.2 Å². The summed E-state index contributed by atoms with van der Waals surface area (Å²) in [7, 11) is 1.61. The van der Waals surface area contributed by atoms with Crippen LogP contribution in [0.15, 0.2) is 53.5 Å². The monoisotopic (exact) mass is 480 g/mol. The van der Waals surface area contributed by atoms with E-state index in [1.54, 1.807) is 16.7 Å². The van der Waals surface area contributed by atoms with Crippen molar-refractivity contribution < 1.29 is 9.53 Å². The summed E-state index contributed by atoms with van der Waals surface area (Å²) in [6.07, 6.45) is 2.94. The average molecular weight is 481 g/mol. The van der Waals surface area contributed by atoms with Crippen LogP contribution in [0.1, 0.15) is 47.1 Å². The summed E-state index contributed by atoms with van der Waals surface area (Å²) in [4.78, 5) is 22.5. The fraction of sp³-hybridized carbons (Fsp3) is 0.357. The number of nitriles is 1. The van der Waals surface area contributed by atoms with Crippen molar-refractivity contribution in [2.45, 2.75) is 31.6 Å². The van der Waals surface area contributed by atoms with Crippen LogP contribution in [0.5, 0.6) is 5.75 Å². The Morgan fingerprint density at radius 2 is 1.78 bits per heavy atom. The fourth-order valence-corrected chi connectivity index (χ4v) is 5.44. The maximum absolute atomic E-state index is 13.7. The van der Waals surface area contributed by atoms with Gasteiger partial charge in [-0.2, -0.15) is 10.4 Å². The van der Waals surface area contributed by atoms with Gasteiger partial charge < -0.3 is 14.5 Å². The van der Waals surface area contributed by atoms with E-state index in [0.29, 0.717) is 35.7 Å². The van der Waals surface area contributed by atoms with Gasteiger partial charge in [-0.3, -0.25) is 9.79 Å². The van der Waals surface area contributed by atoms with Crippen molar-refractivity contribution in [3.05, 3.63) is 71.0 Å². The minimum absolute atomic E-state index is 0.140. The molecule has 8 nitrogen and oxygen atoms in total. The molecule has 3 aromatic rings. The Hall–Kier alpha value is -4.12. The molecule has 1 saturated carbocycles. The molecule has 0 N–H and O–H groups in total. The van der Waals surface area contributed by atoms with E-state index in [1.165, 1.54) is 18.4 Å². The highest BCUT2D eigenvalue weighted by Gasteiger charge is 2.46. The third kappa shape index (κ3) is 3.63. The summed E-state index contributed by atoms with van der Waals surface area (Å²) in [5, 5.41) is 14.1. The molecule has 1 aliphatic carbocycles. The lowest BCUT2D eigenvalue weighted by molar-refractivity contribution is 0.0973. The molecular weight excluding hydrogens is 452 g/mol. The van der Waals surface area contributed by atoms with Crippen molar-refractivity contribution >= 4 is 17.4 Å². The van der Waals surface area contributed by atoms with Crippen molar-refractivity contribution in [2.24, 2.45) is 4.99 Å².